The summed E-state index contributed by atoms with van der Waals surface area (Å²) in [7, 11) is 0. The molecule has 3 nitrogen and oxygen atoms in total. The van der Waals surface area contributed by atoms with E-state index < -0.39 is 0 Å². The van der Waals surface area contributed by atoms with Gasteiger partial charge in [-0.25, -0.2) is 0 Å². The maximum absolute atomic E-state index is 5.72. The highest BCUT2D eigenvalue weighted by molar-refractivity contribution is 5.73. The Labute approximate surface area is 223 Å². The predicted molar refractivity (Wildman–Crippen MR) is 164 cm³/mol. The van der Waals surface area contributed by atoms with Crippen LogP contribution in [0.5, 0.6) is 0 Å². The minimum atomic E-state index is 0.514. The Morgan fingerprint density at radius 1 is 1.11 bits per heavy atom. The van der Waals surface area contributed by atoms with Crippen molar-refractivity contribution in [3.05, 3.63) is 96.0 Å². The van der Waals surface area contributed by atoms with Crippen LogP contribution in [0.15, 0.2) is 79.3 Å². The first-order chi connectivity index (χ1) is 17.3. The van der Waals surface area contributed by atoms with Crippen LogP contribution in [0.1, 0.15) is 90.3 Å². The van der Waals surface area contributed by atoms with E-state index in [4.69, 9.17) is 5.73 Å². The van der Waals surface area contributed by atoms with E-state index in [1.807, 2.05) is 63.1 Å². The summed E-state index contributed by atoms with van der Waals surface area (Å²) in [5, 5.41) is 3.40. The fourth-order valence-corrected chi connectivity index (χ4v) is 3.98. The summed E-state index contributed by atoms with van der Waals surface area (Å²) >= 11 is 0. The SMILES string of the molecule is C=Cc1c(C)cccc1C(=C)NC/C(C)=C/N1C=C(CN)C=CC1=C.CC.CC.CC1CCCCC1. The van der Waals surface area contributed by atoms with Gasteiger partial charge in [-0.15, -0.1) is 0 Å². The molecule has 1 aromatic rings. The molecule has 0 aromatic heterocycles. The van der Waals surface area contributed by atoms with Gasteiger partial charge in [0.2, 0.25) is 0 Å². The van der Waals surface area contributed by atoms with Gasteiger partial charge in [0.25, 0.3) is 0 Å². The van der Waals surface area contributed by atoms with E-state index in [1.165, 1.54) is 37.7 Å². The van der Waals surface area contributed by atoms with Gasteiger partial charge in [0.05, 0.1) is 0 Å². The van der Waals surface area contributed by atoms with Crippen molar-refractivity contribution >= 4 is 11.8 Å². The summed E-state index contributed by atoms with van der Waals surface area (Å²) in [6.07, 6.45) is 17.4. The van der Waals surface area contributed by atoms with Crippen LogP contribution >= 0.6 is 0 Å². The number of nitrogens with two attached hydrogens (primary N) is 1. The van der Waals surface area contributed by atoms with Crippen LogP contribution in [0, 0.1) is 12.8 Å². The van der Waals surface area contributed by atoms with Crippen LogP contribution in [0.3, 0.4) is 0 Å². The number of nitrogens with one attached hydrogen (secondary N) is 1. The lowest BCUT2D eigenvalue weighted by Crippen LogP contribution is -2.18. The second kappa shape index (κ2) is 19.4. The predicted octanol–water partition coefficient (Wildman–Crippen LogP) is 8.97. The van der Waals surface area contributed by atoms with E-state index in [0.717, 1.165) is 39.6 Å². The molecule has 1 aliphatic carbocycles. The Hall–Kier alpha value is -2.78. The molecule has 3 rings (SSSR count). The van der Waals surface area contributed by atoms with Crippen LogP contribution < -0.4 is 11.1 Å². The topological polar surface area (TPSA) is 41.3 Å². The third-order valence-electron chi connectivity index (χ3n) is 6.05. The smallest absolute Gasteiger partial charge is 0.0377 e. The molecule has 1 aliphatic heterocycles. The largest absolute Gasteiger partial charge is 0.381 e. The number of hydrogen-bond acceptors (Lipinski definition) is 3. The van der Waals surface area contributed by atoms with Gasteiger partial charge in [0.15, 0.2) is 0 Å². The van der Waals surface area contributed by atoms with Gasteiger partial charge in [-0.1, -0.05) is 117 Å². The fourth-order valence-electron chi connectivity index (χ4n) is 3.98. The maximum Gasteiger partial charge on any atom is 0.0377 e. The normalized spacial score (nSPS) is 15.2. The van der Waals surface area contributed by atoms with Crippen molar-refractivity contribution in [3.8, 4) is 0 Å². The maximum atomic E-state index is 5.72. The van der Waals surface area contributed by atoms with E-state index in [0.29, 0.717) is 13.1 Å². The highest BCUT2D eigenvalue weighted by atomic mass is 15.1. The number of rotatable bonds is 7. The van der Waals surface area contributed by atoms with E-state index in [-0.39, 0.29) is 0 Å². The zero-order chi connectivity index (χ0) is 27.5. The molecule has 200 valence electrons. The van der Waals surface area contributed by atoms with Gasteiger partial charge < -0.3 is 16.0 Å². The van der Waals surface area contributed by atoms with E-state index in [1.54, 1.807) is 0 Å². The van der Waals surface area contributed by atoms with Gasteiger partial charge in [0, 0.05) is 42.4 Å². The van der Waals surface area contributed by atoms with Crippen LogP contribution in [0.4, 0.5) is 0 Å². The number of aryl methyl sites for hydroxylation is 1. The molecule has 0 saturated heterocycles. The Bertz CT molecular complexity index is 896. The molecule has 2 aliphatic rings. The molecule has 3 N–H and O–H groups in total. The molecule has 0 spiro atoms. The zero-order valence-electron chi connectivity index (χ0n) is 24.3. The van der Waals surface area contributed by atoms with Crippen molar-refractivity contribution in [2.24, 2.45) is 11.7 Å². The van der Waals surface area contributed by atoms with E-state index >= 15 is 0 Å². The molecule has 36 heavy (non-hydrogen) atoms. The summed E-state index contributed by atoms with van der Waals surface area (Å²) in [4.78, 5) is 2.00. The first-order valence-corrected chi connectivity index (χ1v) is 13.7. The standard InChI is InChI=1S/C22H27N3.C7H14.2C2H6/c1-6-21-17(3)8-7-9-22(21)19(5)24-13-16(2)14-25-15-20(12-23)11-10-18(25)4;1-7-5-3-2-4-6-7;2*1-2/h6-11,14-15,24H,1,4-5,12-13,23H2,2-3H3;7H,2-6H2,1H3;2*1-2H3/b16-14+;;;. The quantitative estimate of drug-likeness (QED) is 0.400. The van der Waals surface area contributed by atoms with E-state index in [2.05, 4.69) is 64.2 Å². The fraction of sp³-hybridized carbons (Fsp3) is 0.455. The molecular formula is C33H53N3. The third-order valence-corrected chi connectivity index (χ3v) is 6.05. The van der Waals surface area contributed by atoms with Gasteiger partial charge >= 0.3 is 0 Å². The Balaban J connectivity index is 0.000000932. The monoisotopic (exact) mass is 491 g/mol. The highest BCUT2D eigenvalue weighted by Gasteiger charge is 2.08. The summed E-state index contributed by atoms with van der Waals surface area (Å²) in [6, 6.07) is 6.18. The van der Waals surface area contributed by atoms with Crippen LogP contribution in [0.25, 0.3) is 11.8 Å². The average molecular weight is 492 g/mol. The van der Waals surface area contributed by atoms with Gasteiger partial charge in [0.1, 0.15) is 0 Å². The summed E-state index contributed by atoms with van der Waals surface area (Å²) in [5.41, 5.74) is 13.2. The van der Waals surface area contributed by atoms with Gasteiger partial charge in [-0.2, -0.15) is 0 Å². The van der Waals surface area contributed by atoms with Crippen molar-refractivity contribution in [1.82, 2.24) is 10.2 Å². The number of allylic oxidation sites excluding steroid dienone is 1. The number of benzene rings is 1. The number of nitrogens with zero attached hydrogens (tertiary/aromatic N) is 1. The van der Waals surface area contributed by atoms with E-state index in [9.17, 15) is 0 Å². The van der Waals surface area contributed by atoms with Crippen molar-refractivity contribution in [3.63, 3.8) is 0 Å². The third kappa shape index (κ3) is 11.8. The van der Waals surface area contributed by atoms with Crippen molar-refractivity contribution in [2.75, 3.05) is 13.1 Å². The van der Waals surface area contributed by atoms with Gasteiger partial charge in [-0.3, -0.25) is 0 Å². The molecule has 1 heterocycles. The minimum Gasteiger partial charge on any atom is -0.381 e. The number of hydrogen-bond donors (Lipinski definition) is 2. The molecule has 0 radical (unpaired) electrons. The summed E-state index contributed by atoms with van der Waals surface area (Å²) < 4.78 is 0. The summed E-state index contributed by atoms with van der Waals surface area (Å²) in [6.45, 7) is 27.9. The van der Waals surface area contributed by atoms with Crippen LogP contribution in [-0.4, -0.2) is 18.0 Å². The molecule has 1 aromatic carbocycles. The average Bonchev–Trinajstić information content (AvgIpc) is 2.91. The second-order valence-corrected chi connectivity index (χ2v) is 8.93. The zero-order valence-corrected chi connectivity index (χ0v) is 24.3. The second-order valence-electron chi connectivity index (χ2n) is 8.93. The molecule has 3 heteroatoms. The molecule has 0 amide bonds. The molecular weight excluding hydrogens is 438 g/mol. The minimum absolute atomic E-state index is 0.514. The molecule has 0 bridgehead atoms. The van der Waals surface area contributed by atoms with Crippen molar-refractivity contribution < 1.29 is 0 Å². The molecule has 1 saturated carbocycles. The summed E-state index contributed by atoms with van der Waals surface area (Å²) in [5.74, 6) is 1.04. The molecule has 1 fully saturated rings. The molecule has 0 unspecified atom stereocenters. The van der Waals surface area contributed by atoms with Crippen molar-refractivity contribution in [2.45, 2.75) is 80.6 Å². The molecule has 0 atom stereocenters. The first-order valence-electron chi connectivity index (χ1n) is 13.7. The van der Waals surface area contributed by atoms with Crippen molar-refractivity contribution in [1.29, 1.82) is 0 Å². The lowest BCUT2D eigenvalue weighted by Gasteiger charge is -2.22. The Morgan fingerprint density at radius 2 is 1.75 bits per heavy atom. The Morgan fingerprint density at radius 3 is 2.28 bits per heavy atom. The first kappa shape index (κ1) is 33.2. The lowest BCUT2D eigenvalue weighted by atomic mass is 9.91. The van der Waals surface area contributed by atoms with Crippen LogP contribution in [0.2, 0.25) is 0 Å². The lowest BCUT2D eigenvalue weighted by molar-refractivity contribution is 0.385. The van der Waals surface area contributed by atoms with Gasteiger partial charge in [-0.05, 0) is 48.1 Å². The van der Waals surface area contributed by atoms with Crippen LogP contribution in [-0.2, 0) is 0 Å². The Kier molecular flexibility index (Phi) is 17.9. The highest BCUT2D eigenvalue weighted by Crippen LogP contribution is 2.22.